The highest BCUT2D eigenvalue weighted by Crippen LogP contribution is 2.24. The van der Waals surface area contributed by atoms with Crippen molar-refractivity contribution in [3.8, 4) is 11.8 Å². The van der Waals surface area contributed by atoms with E-state index in [-0.39, 0.29) is 22.8 Å². The van der Waals surface area contributed by atoms with E-state index in [1.54, 1.807) is 6.07 Å². The van der Waals surface area contributed by atoms with Crippen molar-refractivity contribution in [2.75, 3.05) is 13.7 Å². The van der Waals surface area contributed by atoms with Crippen LogP contribution in [0.3, 0.4) is 0 Å². The molecule has 0 saturated carbocycles. The van der Waals surface area contributed by atoms with Gasteiger partial charge in [-0.2, -0.15) is 9.98 Å². The standard InChI is InChI=1S/C10H10N2O5S/c1-17-8-6-7(10(13)14)2-3-9(8)18(15,16)12-5-4-11/h2-3,6,12H,5H2,1H3,(H,13,14). The lowest BCUT2D eigenvalue weighted by Crippen LogP contribution is -2.24. The Morgan fingerprint density at radius 3 is 2.72 bits per heavy atom. The van der Waals surface area contributed by atoms with Crippen LogP contribution in [-0.4, -0.2) is 33.1 Å². The van der Waals surface area contributed by atoms with Crippen molar-refractivity contribution in [1.82, 2.24) is 4.72 Å². The van der Waals surface area contributed by atoms with E-state index in [1.807, 2.05) is 4.72 Å². The molecule has 0 amide bonds. The smallest absolute Gasteiger partial charge is 0.335 e. The fourth-order valence-electron chi connectivity index (χ4n) is 1.23. The van der Waals surface area contributed by atoms with Crippen LogP contribution in [0.2, 0.25) is 0 Å². The van der Waals surface area contributed by atoms with E-state index in [9.17, 15) is 13.2 Å². The highest BCUT2D eigenvalue weighted by molar-refractivity contribution is 7.89. The number of benzene rings is 1. The highest BCUT2D eigenvalue weighted by atomic mass is 32.2. The van der Waals surface area contributed by atoms with Gasteiger partial charge in [-0.15, -0.1) is 0 Å². The molecule has 0 bridgehead atoms. The van der Waals surface area contributed by atoms with E-state index in [0.717, 1.165) is 18.2 Å². The topological polar surface area (TPSA) is 116 Å². The lowest BCUT2D eigenvalue weighted by Gasteiger charge is -2.09. The molecule has 0 atom stereocenters. The van der Waals surface area contributed by atoms with Crippen molar-refractivity contribution >= 4 is 16.0 Å². The summed E-state index contributed by atoms with van der Waals surface area (Å²) in [5.74, 6) is -1.29. The van der Waals surface area contributed by atoms with Gasteiger partial charge in [0.2, 0.25) is 10.0 Å². The maximum absolute atomic E-state index is 11.8. The van der Waals surface area contributed by atoms with E-state index >= 15 is 0 Å². The van der Waals surface area contributed by atoms with Gasteiger partial charge >= 0.3 is 5.97 Å². The molecule has 0 unspecified atom stereocenters. The van der Waals surface area contributed by atoms with Crippen LogP contribution >= 0.6 is 0 Å². The van der Waals surface area contributed by atoms with E-state index in [4.69, 9.17) is 15.1 Å². The summed E-state index contributed by atoms with van der Waals surface area (Å²) >= 11 is 0. The number of rotatable bonds is 5. The zero-order valence-corrected chi connectivity index (χ0v) is 10.2. The Hall–Kier alpha value is -2.11. The number of hydrogen-bond acceptors (Lipinski definition) is 5. The van der Waals surface area contributed by atoms with Crippen LogP contribution in [0.25, 0.3) is 0 Å². The van der Waals surface area contributed by atoms with Crippen LogP contribution in [-0.2, 0) is 10.0 Å². The zero-order valence-electron chi connectivity index (χ0n) is 9.37. The van der Waals surface area contributed by atoms with Crippen LogP contribution in [0, 0.1) is 11.3 Å². The van der Waals surface area contributed by atoms with Crippen molar-refractivity contribution in [2.24, 2.45) is 0 Å². The predicted octanol–water partition coefficient (Wildman–Crippen LogP) is 0.195. The first-order valence-electron chi connectivity index (χ1n) is 4.70. The molecule has 1 aromatic rings. The lowest BCUT2D eigenvalue weighted by molar-refractivity contribution is 0.0696. The molecule has 96 valence electrons. The average molecular weight is 270 g/mol. The summed E-state index contributed by atoms with van der Waals surface area (Å²) in [7, 11) is -2.67. The van der Waals surface area contributed by atoms with Gasteiger partial charge < -0.3 is 9.84 Å². The molecule has 1 rings (SSSR count). The Bertz CT molecular complexity index is 603. The molecule has 7 nitrogen and oxygen atoms in total. The third-order valence-corrected chi connectivity index (χ3v) is 3.48. The van der Waals surface area contributed by atoms with Crippen molar-refractivity contribution in [3.63, 3.8) is 0 Å². The number of carbonyl (C=O) groups is 1. The number of methoxy groups -OCH3 is 1. The summed E-state index contributed by atoms with van der Waals surface area (Å²) in [6, 6.07) is 4.99. The fourth-order valence-corrected chi connectivity index (χ4v) is 2.29. The number of nitriles is 1. The number of carboxylic acid groups (broad SMARTS) is 1. The number of sulfonamides is 1. The zero-order chi connectivity index (χ0) is 13.8. The second-order valence-corrected chi connectivity index (χ2v) is 4.89. The highest BCUT2D eigenvalue weighted by Gasteiger charge is 2.20. The molecule has 0 spiro atoms. The minimum Gasteiger partial charge on any atom is -0.495 e. The largest absolute Gasteiger partial charge is 0.495 e. The summed E-state index contributed by atoms with van der Waals surface area (Å²) in [4.78, 5) is 10.5. The van der Waals surface area contributed by atoms with Gasteiger partial charge in [0.25, 0.3) is 0 Å². The van der Waals surface area contributed by atoms with Gasteiger partial charge in [-0.05, 0) is 18.2 Å². The number of hydrogen-bond donors (Lipinski definition) is 2. The predicted molar refractivity (Wildman–Crippen MR) is 60.8 cm³/mol. The van der Waals surface area contributed by atoms with Crippen molar-refractivity contribution in [2.45, 2.75) is 4.90 Å². The molecular weight excluding hydrogens is 260 g/mol. The summed E-state index contributed by atoms with van der Waals surface area (Å²) in [6.45, 7) is -0.383. The van der Waals surface area contributed by atoms with Crippen molar-refractivity contribution < 1.29 is 23.1 Å². The molecule has 1 aromatic carbocycles. The van der Waals surface area contributed by atoms with Crippen molar-refractivity contribution in [3.05, 3.63) is 23.8 Å². The fraction of sp³-hybridized carbons (Fsp3) is 0.200. The van der Waals surface area contributed by atoms with E-state index in [2.05, 4.69) is 0 Å². The van der Waals surface area contributed by atoms with Gasteiger partial charge in [0, 0.05) is 0 Å². The molecule has 0 saturated heterocycles. The minimum absolute atomic E-state index is 0.0916. The molecule has 8 heteroatoms. The summed E-state index contributed by atoms with van der Waals surface area (Å²) in [5, 5.41) is 17.1. The summed E-state index contributed by atoms with van der Waals surface area (Å²) < 4.78 is 30.4. The summed E-state index contributed by atoms with van der Waals surface area (Å²) in [6.07, 6.45) is 0. The van der Waals surface area contributed by atoms with Crippen LogP contribution in [0.15, 0.2) is 23.1 Å². The Balaban J connectivity index is 3.26. The molecular formula is C10H10N2O5S. The second kappa shape index (κ2) is 5.48. The molecule has 0 fully saturated rings. The van der Waals surface area contributed by atoms with Gasteiger partial charge in [-0.25, -0.2) is 13.2 Å². The third-order valence-electron chi connectivity index (χ3n) is 2.04. The van der Waals surface area contributed by atoms with Gasteiger partial charge in [0.15, 0.2) is 0 Å². The molecule has 18 heavy (non-hydrogen) atoms. The number of nitrogens with zero attached hydrogens (tertiary/aromatic N) is 1. The van der Waals surface area contributed by atoms with Crippen molar-refractivity contribution in [1.29, 1.82) is 5.26 Å². The molecule has 0 heterocycles. The SMILES string of the molecule is COc1cc(C(=O)O)ccc1S(=O)(=O)NCC#N. The monoisotopic (exact) mass is 270 g/mol. The first-order chi connectivity index (χ1) is 8.42. The number of ether oxygens (including phenoxy) is 1. The molecule has 0 aromatic heterocycles. The maximum atomic E-state index is 11.8. The lowest BCUT2D eigenvalue weighted by atomic mass is 10.2. The normalized spacial score (nSPS) is 10.7. The van der Waals surface area contributed by atoms with Crippen LogP contribution in [0.1, 0.15) is 10.4 Å². The number of aromatic carboxylic acids is 1. The third kappa shape index (κ3) is 2.97. The van der Waals surface area contributed by atoms with E-state index in [0.29, 0.717) is 0 Å². The van der Waals surface area contributed by atoms with Crippen LogP contribution in [0.5, 0.6) is 5.75 Å². The second-order valence-electron chi connectivity index (χ2n) is 3.15. The Morgan fingerprint density at radius 1 is 1.56 bits per heavy atom. The van der Waals surface area contributed by atoms with Crippen LogP contribution in [0.4, 0.5) is 0 Å². The van der Waals surface area contributed by atoms with Gasteiger partial charge in [-0.1, -0.05) is 0 Å². The van der Waals surface area contributed by atoms with E-state index in [1.165, 1.54) is 7.11 Å². The summed E-state index contributed by atoms with van der Waals surface area (Å²) in [5.41, 5.74) is -0.0916. The molecule has 0 aliphatic rings. The quantitative estimate of drug-likeness (QED) is 0.738. The Kier molecular flexibility index (Phi) is 4.25. The van der Waals surface area contributed by atoms with E-state index < -0.39 is 16.0 Å². The molecule has 0 radical (unpaired) electrons. The molecule has 0 aliphatic carbocycles. The van der Waals surface area contributed by atoms with Gasteiger partial charge in [-0.3, -0.25) is 0 Å². The molecule has 2 N–H and O–H groups in total. The molecule has 0 aliphatic heterocycles. The van der Waals surface area contributed by atoms with Gasteiger partial charge in [0.1, 0.15) is 10.6 Å². The maximum Gasteiger partial charge on any atom is 0.335 e. The van der Waals surface area contributed by atoms with Crippen LogP contribution < -0.4 is 9.46 Å². The number of carboxylic acids is 1. The number of nitrogens with one attached hydrogen (secondary N) is 1. The average Bonchev–Trinajstić information content (AvgIpc) is 2.35. The Labute approximate surface area is 104 Å². The minimum atomic E-state index is -3.90. The van der Waals surface area contributed by atoms with Gasteiger partial charge in [0.05, 0.1) is 25.3 Å². The first kappa shape index (κ1) is 14.0. The Morgan fingerprint density at radius 2 is 2.22 bits per heavy atom. The first-order valence-corrected chi connectivity index (χ1v) is 6.18.